The van der Waals surface area contributed by atoms with E-state index >= 15 is 0 Å². The molecule has 2 amide bonds. The number of benzene rings is 1. The molecule has 3 aromatic rings. The van der Waals surface area contributed by atoms with Gasteiger partial charge in [-0.05, 0) is 74.9 Å². The van der Waals surface area contributed by atoms with Crippen LogP contribution < -0.4 is 5.32 Å². The first-order valence-electron chi connectivity index (χ1n) is 10.2. The summed E-state index contributed by atoms with van der Waals surface area (Å²) in [6.45, 7) is 4.73. The molecule has 0 fully saturated rings. The molecular formula is C23H24ClN3OS. The zero-order valence-corrected chi connectivity index (χ0v) is 18.2. The summed E-state index contributed by atoms with van der Waals surface area (Å²) in [5.41, 5.74) is 5.72. The Labute approximate surface area is 180 Å². The Morgan fingerprint density at radius 1 is 1.21 bits per heavy atom. The lowest BCUT2D eigenvalue weighted by atomic mass is 9.95. The van der Waals surface area contributed by atoms with Crippen molar-refractivity contribution in [3.63, 3.8) is 0 Å². The summed E-state index contributed by atoms with van der Waals surface area (Å²) in [5, 5.41) is 5.01. The fourth-order valence-corrected chi connectivity index (χ4v) is 6.10. The normalized spacial score (nSPS) is 17.9. The van der Waals surface area contributed by atoms with Crippen LogP contribution in [-0.4, -0.2) is 15.5 Å². The molecule has 0 spiro atoms. The number of nitrogens with zero attached hydrogens (tertiary/aromatic N) is 2. The van der Waals surface area contributed by atoms with Gasteiger partial charge in [0, 0.05) is 33.0 Å². The molecule has 0 radical (unpaired) electrons. The van der Waals surface area contributed by atoms with Crippen LogP contribution in [0.4, 0.5) is 10.5 Å². The highest BCUT2D eigenvalue weighted by Gasteiger charge is 2.33. The van der Waals surface area contributed by atoms with Crippen molar-refractivity contribution in [3.05, 3.63) is 68.8 Å². The van der Waals surface area contributed by atoms with Gasteiger partial charge >= 0.3 is 6.03 Å². The molecule has 1 N–H and O–H groups in total. The number of rotatable bonds is 1. The third-order valence-electron chi connectivity index (χ3n) is 6.18. The third-order valence-corrected chi connectivity index (χ3v) is 7.75. The summed E-state index contributed by atoms with van der Waals surface area (Å²) in [6.07, 6.45) is 6.91. The maximum absolute atomic E-state index is 13.4. The molecule has 0 saturated carbocycles. The molecule has 6 heteroatoms. The lowest BCUT2D eigenvalue weighted by molar-refractivity contribution is 0.189. The second kappa shape index (κ2) is 7.22. The number of nitrogens with one attached hydrogen (secondary N) is 1. The summed E-state index contributed by atoms with van der Waals surface area (Å²) in [4.78, 5) is 16.9. The molecule has 1 aliphatic heterocycles. The van der Waals surface area contributed by atoms with Crippen LogP contribution in [0.25, 0.3) is 5.00 Å². The standard InChI is InChI=1S/C23H24ClN3OS/c1-14-9-10-16(24)12-19(14)25-23(28)27-13-18-17-6-3-4-8-21(17)29-22(18)26-11-5-7-20(26)15(27)2/h5,7,9-12,15H,3-4,6,8,13H2,1-2H3,(H,25,28). The van der Waals surface area contributed by atoms with Crippen molar-refractivity contribution in [2.45, 2.75) is 52.1 Å². The number of carbonyl (C=O) groups excluding carboxylic acids is 1. The number of halogens is 1. The number of thiophene rings is 1. The van der Waals surface area contributed by atoms with E-state index < -0.39 is 0 Å². The zero-order valence-electron chi connectivity index (χ0n) is 16.7. The smallest absolute Gasteiger partial charge is 0.312 e. The molecule has 2 aromatic heterocycles. The number of hydrogen-bond acceptors (Lipinski definition) is 2. The maximum Gasteiger partial charge on any atom is 0.322 e. The second-order valence-electron chi connectivity index (χ2n) is 7.99. The number of urea groups is 1. The van der Waals surface area contributed by atoms with Gasteiger partial charge in [0.1, 0.15) is 5.00 Å². The molecule has 1 atom stereocenters. The van der Waals surface area contributed by atoms with Crippen molar-refractivity contribution in [1.82, 2.24) is 9.47 Å². The maximum atomic E-state index is 13.4. The van der Waals surface area contributed by atoms with E-state index in [9.17, 15) is 4.79 Å². The van der Waals surface area contributed by atoms with Crippen LogP contribution in [-0.2, 0) is 19.4 Å². The molecule has 1 aromatic carbocycles. The molecule has 5 rings (SSSR count). The van der Waals surface area contributed by atoms with Gasteiger partial charge in [-0.25, -0.2) is 4.79 Å². The van der Waals surface area contributed by atoms with Gasteiger partial charge in [0.05, 0.1) is 12.6 Å². The Hall–Kier alpha value is -2.24. The fourth-order valence-electron chi connectivity index (χ4n) is 4.52. The van der Waals surface area contributed by atoms with Crippen LogP contribution in [0.3, 0.4) is 0 Å². The summed E-state index contributed by atoms with van der Waals surface area (Å²) >= 11 is 8.07. The van der Waals surface area contributed by atoms with Crippen LogP contribution in [0.2, 0.25) is 5.02 Å². The number of aromatic nitrogens is 1. The first kappa shape index (κ1) is 18.8. The summed E-state index contributed by atoms with van der Waals surface area (Å²) in [6, 6.07) is 9.70. The quantitative estimate of drug-likeness (QED) is 0.475. The van der Waals surface area contributed by atoms with Gasteiger partial charge in [0.15, 0.2) is 0 Å². The molecule has 0 bridgehead atoms. The molecule has 0 saturated heterocycles. The average molecular weight is 426 g/mol. The third kappa shape index (κ3) is 3.17. The minimum absolute atomic E-state index is 0.0247. The van der Waals surface area contributed by atoms with E-state index in [1.165, 1.54) is 33.8 Å². The Balaban J connectivity index is 1.55. The minimum Gasteiger partial charge on any atom is -0.312 e. The average Bonchev–Trinajstić information content (AvgIpc) is 3.30. The van der Waals surface area contributed by atoms with Crippen LogP contribution in [0.5, 0.6) is 0 Å². The molecule has 3 heterocycles. The SMILES string of the molecule is Cc1ccc(Cl)cc1NC(=O)N1Cc2c(sc3c2CCCC3)-n2cccc2C1C. The molecule has 150 valence electrons. The number of carbonyl (C=O) groups is 1. The van der Waals surface area contributed by atoms with Crippen LogP contribution in [0, 0.1) is 6.92 Å². The summed E-state index contributed by atoms with van der Waals surface area (Å²) in [5.74, 6) is 0. The number of fused-ring (bicyclic) bond motifs is 5. The Bertz CT molecular complexity index is 1100. The van der Waals surface area contributed by atoms with E-state index in [4.69, 9.17) is 11.6 Å². The van der Waals surface area contributed by atoms with Crippen molar-refractivity contribution in [2.24, 2.45) is 0 Å². The first-order valence-corrected chi connectivity index (χ1v) is 11.4. The van der Waals surface area contributed by atoms with Crippen molar-refractivity contribution in [2.75, 3.05) is 5.32 Å². The minimum atomic E-state index is -0.0840. The van der Waals surface area contributed by atoms with Crippen LogP contribution in [0.1, 0.15) is 53.1 Å². The van der Waals surface area contributed by atoms with Gasteiger partial charge in [-0.15, -0.1) is 11.3 Å². The number of aryl methyl sites for hydroxylation is 2. The highest BCUT2D eigenvalue weighted by atomic mass is 35.5. The van der Waals surface area contributed by atoms with Gasteiger partial charge < -0.3 is 14.8 Å². The van der Waals surface area contributed by atoms with E-state index in [1.54, 1.807) is 0 Å². The molecule has 1 unspecified atom stereocenters. The van der Waals surface area contributed by atoms with Gasteiger partial charge in [-0.2, -0.15) is 0 Å². The van der Waals surface area contributed by atoms with Crippen molar-refractivity contribution in [3.8, 4) is 5.00 Å². The summed E-state index contributed by atoms with van der Waals surface area (Å²) in [7, 11) is 0. The van der Waals surface area contributed by atoms with Crippen LogP contribution >= 0.6 is 22.9 Å². The highest BCUT2D eigenvalue weighted by Crippen LogP contribution is 2.42. The van der Waals surface area contributed by atoms with Gasteiger partial charge in [-0.1, -0.05) is 17.7 Å². The van der Waals surface area contributed by atoms with Crippen molar-refractivity contribution < 1.29 is 4.79 Å². The van der Waals surface area contributed by atoms with Crippen molar-refractivity contribution >= 4 is 34.7 Å². The molecule has 29 heavy (non-hydrogen) atoms. The van der Waals surface area contributed by atoms with Crippen LogP contribution in [0.15, 0.2) is 36.5 Å². The predicted molar refractivity (Wildman–Crippen MR) is 119 cm³/mol. The molecule has 2 aliphatic rings. The lowest BCUT2D eigenvalue weighted by Gasteiger charge is -2.28. The summed E-state index contributed by atoms with van der Waals surface area (Å²) < 4.78 is 2.29. The Morgan fingerprint density at radius 3 is 2.90 bits per heavy atom. The largest absolute Gasteiger partial charge is 0.322 e. The zero-order chi connectivity index (χ0) is 20.1. The highest BCUT2D eigenvalue weighted by molar-refractivity contribution is 7.15. The predicted octanol–water partition coefficient (Wildman–Crippen LogP) is 6.49. The Kier molecular flexibility index (Phi) is 4.67. The number of amides is 2. The molecule has 1 aliphatic carbocycles. The van der Waals surface area contributed by atoms with E-state index in [0.717, 1.165) is 29.8 Å². The van der Waals surface area contributed by atoms with Gasteiger partial charge in [0.25, 0.3) is 0 Å². The van der Waals surface area contributed by atoms with Crippen molar-refractivity contribution in [1.29, 1.82) is 0 Å². The van der Waals surface area contributed by atoms with E-state index in [2.05, 4.69) is 35.1 Å². The van der Waals surface area contributed by atoms with E-state index in [1.807, 2.05) is 41.4 Å². The first-order chi connectivity index (χ1) is 14.0. The number of anilines is 1. The lowest BCUT2D eigenvalue weighted by Crippen LogP contribution is -2.36. The fraction of sp³-hybridized carbons (Fsp3) is 0.348. The monoisotopic (exact) mass is 425 g/mol. The second-order valence-corrected chi connectivity index (χ2v) is 9.51. The topological polar surface area (TPSA) is 37.3 Å². The Morgan fingerprint density at radius 2 is 2.03 bits per heavy atom. The molecular weight excluding hydrogens is 402 g/mol. The molecule has 4 nitrogen and oxygen atoms in total. The van der Waals surface area contributed by atoms with Gasteiger partial charge in [0.2, 0.25) is 0 Å². The number of hydrogen-bond donors (Lipinski definition) is 1. The van der Waals surface area contributed by atoms with E-state index in [-0.39, 0.29) is 12.1 Å². The van der Waals surface area contributed by atoms with Gasteiger partial charge in [-0.3, -0.25) is 0 Å². The van der Waals surface area contributed by atoms with E-state index in [0.29, 0.717) is 11.6 Å².